The molecule has 8 heteroatoms. The number of rotatable bonds is 10. The van der Waals surface area contributed by atoms with Crippen molar-refractivity contribution >= 4 is 29.0 Å². The Morgan fingerprint density at radius 3 is 2.65 bits per heavy atom. The average molecular weight is 422 g/mol. The zero-order chi connectivity index (χ0) is 22.2. The Balaban J connectivity index is 1.78. The Morgan fingerprint density at radius 1 is 1.10 bits per heavy atom. The van der Waals surface area contributed by atoms with Gasteiger partial charge in [0, 0.05) is 35.2 Å². The van der Waals surface area contributed by atoms with Crippen LogP contribution in [0.1, 0.15) is 17.5 Å². The number of nitrogens with zero attached hydrogens (tertiary/aromatic N) is 1. The van der Waals surface area contributed by atoms with Crippen LogP contribution in [0.4, 0.5) is 0 Å². The van der Waals surface area contributed by atoms with Crippen molar-refractivity contribution in [2.45, 2.75) is 19.4 Å². The van der Waals surface area contributed by atoms with Crippen molar-refractivity contribution in [3.05, 3.63) is 59.8 Å². The van der Waals surface area contributed by atoms with Crippen LogP contribution in [0.5, 0.6) is 11.5 Å². The van der Waals surface area contributed by atoms with Gasteiger partial charge in [-0.3, -0.25) is 15.6 Å². The molecule has 0 aliphatic heterocycles. The van der Waals surface area contributed by atoms with Gasteiger partial charge in [0.1, 0.15) is 23.2 Å². The third-order valence-corrected chi connectivity index (χ3v) is 5.13. The molecule has 1 aromatic heterocycles. The lowest BCUT2D eigenvalue weighted by molar-refractivity contribution is -0.109. The lowest BCUT2D eigenvalue weighted by atomic mass is 10.1. The minimum atomic E-state index is 0.0391. The highest BCUT2D eigenvalue weighted by atomic mass is 16.5. The van der Waals surface area contributed by atoms with E-state index in [0.717, 1.165) is 22.0 Å². The van der Waals surface area contributed by atoms with E-state index in [2.05, 4.69) is 16.4 Å². The average Bonchev–Trinajstić information content (AvgIpc) is 3.22. The highest BCUT2D eigenvalue weighted by Crippen LogP contribution is 2.26. The summed E-state index contributed by atoms with van der Waals surface area (Å²) in [5.41, 5.74) is 3.00. The molecule has 3 rings (SSSR count). The number of hydrogen-bond acceptors (Lipinski definition) is 5. The topological polar surface area (TPSA) is 114 Å². The van der Waals surface area contributed by atoms with Crippen molar-refractivity contribution in [1.82, 2.24) is 15.2 Å². The van der Waals surface area contributed by atoms with Crippen LogP contribution in [0.15, 0.2) is 48.7 Å². The number of H-pyrrole nitrogens is 1. The first-order valence-electron chi connectivity index (χ1n) is 9.92. The van der Waals surface area contributed by atoms with E-state index in [1.807, 2.05) is 36.5 Å². The Hall–Kier alpha value is -3.81. The van der Waals surface area contributed by atoms with Gasteiger partial charge in [0.25, 0.3) is 0 Å². The first-order chi connectivity index (χ1) is 15.1. The fourth-order valence-corrected chi connectivity index (χ4v) is 3.47. The van der Waals surface area contributed by atoms with Gasteiger partial charge in [0.2, 0.25) is 6.41 Å². The molecule has 4 N–H and O–H groups in total. The third kappa shape index (κ3) is 5.22. The van der Waals surface area contributed by atoms with Crippen LogP contribution in [0.3, 0.4) is 0 Å². The molecule has 0 aliphatic rings. The number of carbonyl (C=O) groups is 1. The van der Waals surface area contributed by atoms with Crippen LogP contribution in [0.25, 0.3) is 10.9 Å². The number of carbonyl (C=O) groups excluding carboxylic acids is 1. The number of amidine groups is 2. The lowest BCUT2D eigenvalue weighted by Gasteiger charge is -2.26. The fourth-order valence-electron chi connectivity index (χ4n) is 3.47. The van der Waals surface area contributed by atoms with Gasteiger partial charge in [-0.25, -0.2) is 0 Å². The zero-order valence-corrected chi connectivity index (χ0v) is 17.7. The molecule has 31 heavy (non-hydrogen) atoms. The predicted molar refractivity (Wildman–Crippen MR) is 121 cm³/mol. The molecule has 0 radical (unpaired) electrons. The van der Waals surface area contributed by atoms with Crippen LogP contribution in [-0.2, 0) is 17.8 Å². The summed E-state index contributed by atoms with van der Waals surface area (Å²) in [6, 6.07) is 13.5. The van der Waals surface area contributed by atoms with Gasteiger partial charge in [-0.05, 0) is 30.2 Å². The summed E-state index contributed by atoms with van der Waals surface area (Å²) in [7, 11) is 3.16. The number of ether oxygens (including phenoxy) is 2. The van der Waals surface area contributed by atoms with Gasteiger partial charge in [-0.15, -0.1) is 0 Å². The number of fused-ring (bicyclic) bond motifs is 1. The van der Waals surface area contributed by atoms with Crippen LogP contribution < -0.4 is 14.8 Å². The first-order valence-corrected chi connectivity index (χ1v) is 9.92. The smallest absolute Gasteiger partial charge is 0.207 e. The minimum absolute atomic E-state index is 0.0391. The van der Waals surface area contributed by atoms with E-state index < -0.39 is 0 Å². The van der Waals surface area contributed by atoms with Crippen molar-refractivity contribution in [2.75, 3.05) is 20.8 Å². The normalized spacial score (nSPS) is 10.5. The van der Waals surface area contributed by atoms with Gasteiger partial charge in [-0.1, -0.05) is 18.2 Å². The van der Waals surface area contributed by atoms with Gasteiger partial charge in [0.15, 0.2) is 0 Å². The number of aromatic amines is 1. The highest BCUT2D eigenvalue weighted by Gasteiger charge is 2.18. The molecule has 0 bridgehead atoms. The Bertz CT molecular complexity index is 1080. The molecule has 0 atom stereocenters. The molecule has 0 saturated heterocycles. The van der Waals surface area contributed by atoms with Crippen LogP contribution in [-0.4, -0.2) is 48.7 Å². The molecule has 0 aliphatic carbocycles. The summed E-state index contributed by atoms with van der Waals surface area (Å²) in [5, 5.41) is 20.7. The molecule has 2 aromatic carbocycles. The summed E-state index contributed by atoms with van der Waals surface area (Å²) in [6.07, 6.45) is 3.63. The monoisotopic (exact) mass is 421 g/mol. The largest absolute Gasteiger partial charge is 0.497 e. The number of methoxy groups -OCH3 is 2. The van der Waals surface area contributed by atoms with Crippen molar-refractivity contribution in [3.63, 3.8) is 0 Å². The van der Waals surface area contributed by atoms with Crippen LogP contribution in [0, 0.1) is 10.8 Å². The first kappa shape index (κ1) is 21.9. The molecule has 1 heterocycles. The zero-order valence-electron chi connectivity index (χ0n) is 17.7. The number of aromatic nitrogens is 1. The predicted octanol–water partition coefficient (Wildman–Crippen LogP) is 3.32. The molecule has 0 spiro atoms. The van der Waals surface area contributed by atoms with Gasteiger partial charge < -0.3 is 24.7 Å². The Labute approximate surface area is 181 Å². The molecular formula is C23H27N5O3. The number of nitrogens with one attached hydrogen (secondary N) is 4. The van der Waals surface area contributed by atoms with E-state index in [4.69, 9.17) is 20.3 Å². The Kier molecular flexibility index (Phi) is 7.26. The van der Waals surface area contributed by atoms with Crippen LogP contribution >= 0.6 is 0 Å². The van der Waals surface area contributed by atoms with Gasteiger partial charge >= 0.3 is 0 Å². The molecule has 0 saturated carbocycles. The van der Waals surface area contributed by atoms with E-state index in [-0.39, 0.29) is 18.9 Å². The number of amides is 1. The van der Waals surface area contributed by atoms with Crippen LogP contribution in [0.2, 0.25) is 0 Å². The standard InChI is InChI=1S/C23H27N5O3/c1-30-18-9-7-17(21(11-18)31-2)14-28(23(25)13-26-15-29)22(24)10-8-16-12-27-20-6-4-3-5-19(16)20/h3-7,9,11-12,15,24-25,27H,8,10,13-14H2,1-2H3,(H,26,29). The van der Waals surface area contributed by atoms with Gasteiger partial charge in [-0.2, -0.15) is 0 Å². The fraction of sp³-hybridized carbons (Fsp3) is 0.261. The number of benzene rings is 2. The van der Waals surface area contributed by atoms with Crippen molar-refractivity contribution in [2.24, 2.45) is 0 Å². The molecule has 1 amide bonds. The van der Waals surface area contributed by atoms with E-state index in [0.29, 0.717) is 36.6 Å². The maximum atomic E-state index is 10.7. The maximum Gasteiger partial charge on any atom is 0.207 e. The van der Waals surface area contributed by atoms with E-state index in [9.17, 15) is 4.79 Å². The molecular weight excluding hydrogens is 394 g/mol. The summed E-state index contributed by atoms with van der Waals surface area (Å²) in [5.74, 6) is 1.71. The lowest BCUT2D eigenvalue weighted by Crippen LogP contribution is -2.41. The number of hydrogen-bond donors (Lipinski definition) is 4. The quantitative estimate of drug-likeness (QED) is 0.228. The van der Waals surface area contributed by atoms with E-state index >= 15 is 0 Å². The number of para-hydroxylation sites is 1. The summed E-state index contributed by atoms with van der Waals surface area (Å²) >= 11 is 0. The minimum Gasteiger partial charge on any atom is -0.497 e. The summed E-state index contributed by atoms with van der Waals surface area (Å²) < 4.78 is 10.7. The molecule has 0 unspecified atom stereocenters. The second-order valence-corrected chi connectivity index (χ2v) is 7.02. The van der Waals surface area contributed by atoms with Crippen molar-refractivity contribution in [3.8, 4) is 11.5 Å². The third-order valence-electron chi connectivity index (χ3n) is 5.13. The van der Waals surface area contributed by atoms with E-state index in [1.165, 1.54) is 0 Å². The summed E-state index contributed by atoms with van der Waals surface area (Å²) in [4.78, 5) is 15.6. The Morgan fingerprint density at radius 2 is 1.90 bits per heavy atom. The molecule has 0 fully saturated rings. The maximum absolute atomic E-state index is 10.7. The van der Waals surface area contributed by atoms with Gasteiger partial charge in [0.05, 0.1) is 27.3 Å². The second-order valence-electron chi connectivity index (χ2n) is 7.02. The molecule has 162 valence electrons. The SMILES string of the molecule is COc1ccc(CN(C(=N)CCc2c[nH]c3ccccc23)C(=N)CNC=O)c(OC)c1. The number of aryl methyl sites for hydroxylation is 1. The summed E-state index contributed by atoms with van der Waals surface area (Å²) in [6.45, 7) is 0.316. The second kappa shape index (κ2) is 10.3. The highest BCUT2D eigenvalue weighted by molar-refractivity contribution is 5.99. The molecule has 3 aromatic rings. The van der Waals surface area contributed by atoms with Crippen molar-refractivity contribution < 1.29 is 14.3 Å². The molecule has 8 nitrogen and oxygen atoms in total. The van der Waals surface area contributed by atoms with E-state index in [1.54, 1.807) is 25.2 Å². The van der Waals surface area contributed by atoms with Crippen molar-refractivity contribution in [1.29, 1.82) is 10.8 Å².